The topological polar surface area (TPSA) is 24.1 Å². The third kappa shape index (κ3) is 2.28. The molecule has 1 rings (SSSR count). The van der Waals surface area contributed by atoms with E-state index in [0.29, 0.717) is 6.04 Å². The summed E-state index contributed by atoms with van der Waals surface area (Å²) in [4.78, 5) is 0.992. The molecule has 1 saturated heterocycles. The maximum absolute atomic E-state index is 4.99. The van der Waals surface area contributed by atoms with Gasteiger partial charge in [-0.3, -0.25) is 0 Å². The molecule has 52 valence electrons. The Hall–Kier alpha value is -0.150. The van der Waals surface area contributed by atoms with Crippen LogP contribution in [0.1, 0.15) is 13.3 Å². The smallest absolute Gasteiger partial charge is 0.0766 e. The Kier molecular flexibility index (Phi) is 2.42. The molecule has 0 aromatic heterocycles. The normalized spacial score (nSPS) is 29.0. The molecule has 0 amide bonds. The molecule has 1 atom stereocenters. The lowest BCUT2D eigenvalue weighted by Gasteiger charge is -2.07. The summed E-state index contributed by atoms with van der Waals surface area (Å²) in [6.45, 7) is 4.15. The van der Waals surface area contributed by atoms with Crippen LogP contribution in [0.3, 0.4) is 0 Å². The van der Waals surface area contributed by atoms with Crippen LogP contribution < -0.4 is 10.6 Å². The van der Waals surface area contributed by atoms with Crippen LogP contribution >= 0.6 is 12.2 Å². The minimum atomic E-state index is 0.561. The van der Waals surface area contributed by atoms with Gasteiger partial charge >= 0.3 is 0 Å². The highest BCUT2D eigenvalue weighted by Gasteiger charge is 2.06. The molecule has 0 bridgehead atoms. The van der Waals surface area contributed by atoms with Gasteiger partial charge in [-0.25, -0.2) is 0 Å². The average Bonchev–Trinajstić information content (AvgIpc) is 1.97. The number of rotatable bonds is 0. The summed E-state index contributed by atoms with van der Waals surface area (Å²) in [6, 6.07) is 0.561. The largest absolute Gasteiger partial charge is 0.378 e. The Balaban J connectivity index is 2.34. The van der Waals surface area contributed by atoms with Crippen LogP contribution in [0.25, 0.3) is 0 Å². The molecular weight excluding hydrogens is 132 g/mol. The SMILES string of the molecule is CC1CNC(=S)CCN1. The summed E-state index contributed by atoms with van der Waals surface area (Å²) in [6.07, 6.45) is 0.986. The zero-order chi connectivity index (χ0) is 6.69. The predicted octanol–water partition coefficient (Wildman–Crippen LogP) is 0.285. The van der Waals surface area contributed by atoms with Crippen molar-refractivity contribution in [2.75, 3.05) is 13.1 Å². The average molecular weight is 144 g/mol. The zero-order valence-corrected chi connectivity index (χ0v) is 6.42. The van der Waals surface area contributed by atoms with Gasteiger partial charge in [0.25, 0.3) is 0 Å². The van der Waals surface area contributed by atoms with E-state index in [1.165, 1.54) is 0 Å². The lowest BCUT2D eigenvalue weighted by molar-refractivity contribution is 0.572. The molecule has 3 heteroatoms. The second kappa shape index (κ2) is 3.13. The molecule has 1 aliphatic rings. The van der Waals surface area contributed by atoms with Crippen LogP contribution in [-0.2, 0) is 0 Å². The number of hydrogen-bond donors (Lipinski definition) is 2. The summed E-state index contributed by atoms with van der Waals surface area (Å²) >= 11 is 4.99. The van der Waals surface area contributed by atoms with E-state index in [4.69, 9.17) is 12.2 Å². The lowest BCUT2D eigenvalue weighted by Crippen LogP contribution is -2.32. The van der Waals surface area contributed by atoms with E-state index >= 15 is 0 Å². The maximum Gasteiger partial charge on any atom is 0.0766 e. The molecule has 0 aliphatic carbocycles. The van der Waals surface area contributed by atoms with Crippen molar-refractivity contribution in [1.82, 2.24) is 10.6 Å². The van der Waals surface area contributed by atoms with E-state index in [9.17, 15) is 0 Å². The molecule has 0 aromatic rings. The van der Waals surface area contributed by atoms with Crippen molar-refractivity contribution in [1.29, 1.82) is 0 Å². The van der Waals surface area contributed by atoms with Crippen molar-refractivity contribution in [2.24, 2.45) is 0 Å². The van der Waals surface area contributed by atoms with Gasteiger partial charge in [-0.2, -0.15) is 0 Å². The van der Waals surface area contributed by atoms with Crippen molar-refractivity contribution in [3.8, 4) is 0 Å². The van der Waals surface area contributed by atoms with E-state index in [1.807, 2.05) is 0 Å². The number of thiocarbonyl (C=S) groups is 1. The molecular formula is C6H12N2S. The van der Waals surface area contributed by atoms with Crippen LogP contribution in [0.5, 0.6) is 0 Å². The summed E-state index contributed by atoms with van der Waals surface area (Å²) in [5.74, 6) is 0. The maximum atomic E-state index is 4.99. The highest BCUT2D eigenvalue weighted by molar-refractivity contribution is 7.80. The van der Waals surface area contributed by atoms with Gasteiger partial charge in [-0.15, -0.1) is 0 Å². The third-order valence-corrected chi connectivity index (χ3v) is 1.80. The Labute approximate surface area is 61.0 Å². The first-order valence-electron chi connectivity index (χ1n) is 3.29. The molecule has 0 radical (unpaired) electrons. The van der Waals surface area contributed by atoms with Gasteiger partial charge < -0.3 is 10.6 Å². The predicted molar refractivity (Wildman–Crippen MR) is 42.7 cm³/mol. The molecule has 2 N–H and O–H groups in total. The third-order valence-electron chi connectivity index (χ3n) is 1.45. The van der Waals surface area contributed by atoms with Gasteiger partial charge in [0, 0.05) is 25.6 Å². The molecule has 1 fully saturated rings. The minimum absolute atomic E-state index is 0.561. The van der Waals surface area contributed by atoms with Crippen LogP contribution in [0.2, 0.25) is 0 Å². The molecule has 0 aromatic carbocycles. The summed E-state index contributed by atoms with van der Waals surface area (Å²) in [5, 5.41) is 6.49. The standard InChI is InChI=1S/C6H12N2S/c1-5-4-8-6(9)2-3-7-5/h5,7H,2-4H2,1H3,(H,8,9). The zero-order valence-electron chi connectivity index (χ0n) is 5.61. The van der Waals surface area contributed by atoms with E-state index in [1.54, 1.807) is 0 Å². The molecule has 9 heavy (non-hydrogen) atoms. The Morgan fingerprint density at radius 3 is 3.22 bits per heavy atom. The molecule has 1 aliphatic heterocycles. The highest BCUT2D eigenvalue weighted by atomic mass is 32.1. The molecule has 2 nitrogen and oxygen atoms in total. The van der Waals surface area contributed by atoms with E-state index in [2.05, 4.69) is 17.6 Å². The molecule has 0 saturated carbocycles. The Bertz CT molecular complexity index is 114. The first-order chi connectivity index (χ1) is 4.29. The summed E-state index contributed by atoms with van der Waals surface area (Å²) in [5.41, 5.74) is 0. The van der Waals surface area contributed by atoms with Crippen molar-refractivity contribution in [3.05, 3.63) is 0 Å². The van der Waals surface area contributed by atoms with E-state index in [-0.39, 0.29) is 0 Å². The van der Waals surface area contributed by atoms with Crippen LogP contribution in [-0.4, -0.2) is 24.1 Å². The fraction of sp³-hybridized carbons (Fsp3) is 0.833. The second-order valence-corrected chi connectivity index (χ2v) is 2.90. The van der Waals surface area contributed by atoms with Crippen LogP contribution in [0.15, 0.2) is 0 Å². The van der Waals surface area contributed by atoms with E-state index < -0.39 is 0 Å². The van der Waals surface area contributed by atoms with Gasteiger partial charge in [0.05, 0.1) is 4.99 Å². The van der Waals surface area contributed by atoms with Gasteiger partial charge in [0.15, 0.2) is 0 Å². The molecule has 0 spiro atoms. The second-order valence-electron chi connectivity index (χ2n) is 2.41. The van der Waals surface area contributed by atoms with Gasteiger partial charge in [-0.1, -0.05) is 12.2 Å². The summed E-state index contributed by atoms with van der Waals surface area (Å²) < 4.78 is 0. The minimum Gasteiger partial charge on any atom is -0.378 e. The Morgan fingerprint density at radius 2 is 2.44 bits per heavy atom. The van der Waals surface area contributed by atoms with Crippen LogP contribution in [0, 0.1) is 0 Å². The fourth-order valence-corrected chi connectivity index (χ4v) is 1.04. The fourth-order valence-electron chi connectivity index (χ4n) is 0.860. The van der Waals surface area contributed by atoms with Gasteiger partial charge in [0.1, 0.15) is 0 Å². The highest BCUT2D eigenvalue weighted by Crippen LogP contribution is 1.89. The van der Waals surface area contributed by atoms with Crippen molar-refractivity contribution in [3.63, 3.8) is 0 Å². The summed E-state index contributed by atoms with van der Waals surface area (Å²) in [7, 11) is 0. The van der Waals surface area contributed by atoms with Gasteiger partial charge in [-0.05, 0) is 6.92 Å². The monoisotopic (exact) mass is 144 g/mol. The quantitative estimate of drug-likeness (QED) is 0.478. The van der Waals surface area contributed by atoms with E-state index in [0.717, 1.165) is 24.5 Å². The Morgan fingerprint density at radius 1 is 1.67 bits per heavy atom. The number of hydrogen-bond acceptors (Lipinski definition) is 2. The van der Waals surface area contributed by atoms with Crippen molar-refractivity contribution < 1.29 is 0 Å². The van der Waals surface area contributed by atoms with Gasteiger partial charge in [0.2, 0.25) is 0 Å². The first-order valence-corrected chi connectivity index (χ1v) is 3.70. The number of nitrogens with one attached hydrogen (secondary N) is 2. The van der Waals surface area contributed by atoms with Crippen molar-refractivity contribution in [2.45, 2.75) is 19.4 Å². The lowest BCUT2D eigenvalue weighted by atomic mass is 10.3. The molecule has 1 unspecified atom stereocenters. The molecule has 1 heterocycles. The van der Waals surface area contributed by atoms with Crippen molar-refractivity contribution >= 4 is 17.2 Å². The van der Waals surface area contributed by atoms with Crippen LogP contribution in [0.4, 0.5) is 0 Å². The first kappa shape index (κ1) is 6.96.